The van der Waals surface area contributed by atoms with E-state index in [2.05, 4.69) is 45.0 Å². The van der Waals surface area contributed by atoms with Crippen molar-refractivity contribution in [1.82, 2.24) is 0 Å². The van der Waals surface area contributed by atoms with Gasteiger partial charge in [-0.1, -0.05) is 32.9 Å². The zero-order valence-corrected chi connectivity index (χ0v) is 11.9. The first-order valence-corrected chi connectivity index (χ1v) is 6.60. The van der Waals surface area contributed by atoms with E-state index < -0.39 is 0 Å². The average molecular weight is 260 g/mol. The molecule has 1 atom stereocenters. The summed E-state index contributed by atoms with van der Waals surface area (Å²) in [6.45, 7) is 6.59. The van der Waals surface area contributed by atoms with Crippen molar-refractivity contribution in [3.63, 3.8) is 0 Å². The van der Waals surface area contributed by atoms with Gasteiger partial charge in [0.15, 0.2) is 0 Å². The number of hydrogen-bond donors (Lipinski definition) is 1. The SMILES string of the molecule is CCSc1ccc([C@H](N)CC(C)C)cc1.Cl. The Labute approximate surface area is 110 Å². The van der Waals surface area contributed by atoms with Gasteiger partial charge < -0.3 is 5.73 Å². The highest BCUT2D eigenvalue weighted by Gasteiger charge is 2.07. The summed E-state index contributed by atoms with van der Waals surface area (Å²) in [6.07, 6.45) is 1.06. The zero-order valence-electron chi connectivity index (χ0n) is 10.3. The molecule has 0 aliphatic heterocycles. The molecule has 0 bridgehead atoms. The highest BCUT2D eigenvalue weighted by atomic mass is 35.5. The minimum Gasteiger partial charge on any atom is -0.324 e. The molecule has 0 radical (unpaired) electrons. The minimum absolute atomic E-state index is 0. The third-order valence-corrected chi connectivity index (χ3v) is 3.24. The Balaban J connectivity index is 0.00000225. The largest absolute Gasteiger partial charge is 0.324 e. The smallest absolute Gasteiger partial charge is 0.0297 e. The Morgan fingerprint density at radius 3 is 2.19 bits per heavy atom. The van der Waals surface area contributed by atoms with E-state index in [0.717, 1.165) is 12.2 Å². The van der Waals surface area contributed by atoms with Gasteiger partial charge in [0, 0.05) is 10.9 Å². The maximum atomic E-state index is 6.11. The van der Waals surface area contributed by atoms with E-state index in [9.17, 15) is 0 Å². The van der Waals surface area contributed by atoms with Gasteiger partial charge in [-0.3, -0.25) is 0 Å². The lowest BCUT2D eigenvalue weighted by molar-refractivity contribution is 0.510. The lowest BCUT2D eigenvalue weighted by Crippen LogP contribution is -2.12. The Morgan fingerprint density at radius 2 is 1.75 bits per heavy atom. The molecule has 0 aromatic heterocycles. The minimum atomic E-state index is 0. The molecule has 1 aromatic carbocycles. The molecule has 0 heterocycles. The van der Waals surface area contributed by atoms with Crippen LogP contribution in [0, 0.1) is 5.92 Å². The van der Waals surface area contributed by atoms with Crippen LogP contribution in [0.4, 0.5) is 0 Å². The summed E-state index contributed by atoms with van der Waals surface area (Å²) in [4.78, 5) is 1.33. The Kier molecular flexibility index (Phi) is 7.90. The quantitative estimate of drug-likeness (QED) is 0.800. The van der Waals surface area contributed by atoms with Crippen LogP contribution in [0.2, 0.25) is 0 Å². The van der Waals surface area contributed by atoms with Crippen molar-refractivity contribution in [2.75, 3.05) is 5.75 Å². The molecule has 2 N–H and O–H groups in total. The second kappa shape index (κ2) is 7.99. The van der Waals surface area contributed by atoms with E-state index in [0.29, 0.717) is 5.92 Å². The predicted molar refractivity (Wildman–Crippen MR) is 76.5 cm³/mol. The molecule has 92 valence electrons. The number of benzene rings is 1. The molecule has 0 aliphatic rings. The van der Waals surface area contributed by atoms with Crippen LogP contribution in [0.1, 0.15) is 38.8 Å². The molecule has 16 heavy (non-hydrogen) atoms. The molecule has 0 amide bonds. The van der Waals surface area contributed by atoms with Crippen LogP contribution in [-0.2, 0) is 0 Å². The fourth-order valence-electron chi connectivity index (χ4n) is 1.62. The molecular formula is C13H22ClNS. The summed E-state index contributed by atoms with van der Waals surface area (Å²) < 4.78 is 0. The molecule has 0 fully saturated rings. The summed E-state index contributed by atoms with van der Waals surface area (Å²) in [5.41, 5.74) is 7.37. The molecule has 0 spiro atoms. The van der Waals surface area contributed by atoms with Gasteiger partial charge in [0.2, 0.25) is 0 Å². The first-order valence-electron chi connectivity index (χ1n) is 5.61. The number of halogens is 1. The maximum absolute atomic E-state index is 6.11. The lowest BCUT2D eigenvalue weighted by Gasteiger charge is -2.14. The van der Waals surface area contributed by atoms with E-state index in [1.807, 2.05) is 11.8 Å². The van der Waals surface area contributed by atoms with Gasteiger partial charge in [-0.15, -0.1) is 24.2 Å². The monoisotopic (exact) mass is 259 g/mol. The van der Waals surface area contributed by atoms with Crippen LogP contribution in [0.3, 0.4) is 0 Å². The van der Waals surface area contributed by atoms with Crippen LogP contribution in [-0.4, -0.2) is 5.75 Å². The molecule has 0 unspecified atom stereocenters. The number of nitrogens with two attached hydrogens (primary N) is 1. The number of rotatable bonds is 5. The first kappa shape index (κ1) is 15.8. The Bertz CT molecular complexity index is 284. The molecule has 0 aliphatic carbocycles. The first-order chi connectivity index (χ1) is 7.13. The van der Waals surface area contributed by atoms with Gasteiger partial charge >= 0.3 is 0 Å². The highest BCUT2D eigenvalue weighted by molar-refractivity contribution is 7.99. The number of thioether (sulfide) groups is 1. The fourth-order valence-corrected chi connectivity index (χ4v) is 2.28. The van der Waals surface area contributed by atoms with Crippen molar-refractivity contribution in [1.29, 1.82) is 0 Å². The van der Waals surface area contributed by atoms with Gasteiger partial charge in [0.25, 0.3) is 0 Å². The summed E-state index contributed by atoms with van der Waals surface area (Å²) in [5.74, 6) is 1.78. The van der Waals surface area contributed by atoms with Gasteiger partial charge in [-0.25, -0.2) is 0 Å². The second-order valence-corrected chi connectivity index (χ2v) is 5.58. The van der Waals surface area contributed by atoms with Crippen molar-refractivity contribution in [3.8, 4) is 0 Å². The van der Waals surface area contributed by atoms with Crippen LogP contribution in [0.25, 0.3) is 0 Å². The molecular weight excluding hydrogens is 238 g/mol. The summed E-state index contributed by atoms with van der Waals surface area (Å²) in [5, 5.41) is 0. The van der Waals surface area contributed by atoms with E-state index in [4.69, 9.17) is 5.73 Å². The topological polar surface area (TPSA) is 26.0 Å². The average Bonchev–Trinajstić information content (AvgIpc) is 2.18. The number of hydrogen-bond acceptors (Lipinski definition) is 2. The van der Waals surface area contributed by atoms with E-state index >= 15 is 0 Å². The second-order valence-electron chi connectivity index (χ2n) is 4.24. The summed E-state index contributed by atoms with van der Waals surface area (Å²) in [6, 6.07) is 8.84. The van der Waals surface area contributed by atoms with Gasteiger partial charge in [0.05, 0.1) is 0 Å². The van der Waals surface area contributed by atoms with Crippen LogP contribution in [0.15, 0.2) is 29.2 Å². The van der Waals surface area contributed by atoms with E-state index in [1.165, 1.54) is 10.5 Å². The molecule has 1 nitrogen and oxygen atoms in total. The van der Waals surface area contributed by atoms with E-state index in [-0.39, 0.29) is 18.4 Å². The zero-order chi connectivity index (χ0) is 11.3. The normalized spacial score (nSPS) is 12.3. The van der Waals surface area contributed by atoms with Crippen molar-refractivity contribution in [3.05, 3.63) is 29.8 Å². The molecule has 3 heteroatoms. The lowest BCUT2D eigenvalue weighted by atomic mass is 9.98. The van der Waals surface area contributed by atoms with Crippen LogP contribution < -0.4 is 5.73 Å². The van der Waals surface area contributed by atoms with Gasteiger partial charge in [-0.2, -0.15) is 0 Å². The summed E-state index contributed by atoms with van der Waals surface area (Å²) >= 11 is 1.87. The van der Waals surface area contributed by atoms with Crippen molar-refractivity contribution < 1.29 is 0 Å². The van der Waals surface area contributed by atoms with Crippen LogP contribution >= 0.6 is 24.2 Å². The summed E-state index contributed by atoms with van der Waals surface area (Å²) in [7, 11) is 0. The molecule has 0 saturated carbocycles. The predicted octanol–water partition coefficient (Wildman–Crippen LogP) is 4.27. The van der Waals surface area contributed by atoms with Gasteiger partial charge in [0.1, 0.15) is 0 Å². The van der Waals surface area contributed by atoms with Crippen molar-refractivity contribution in [2.45, 2.75) is 38.1 Å². The third kappa shape index (κ3) is 5.24. The fraction of sp³-hybridized carbons (Fsp3) is 0.538. The third-order valence-electron chi connectivity index (χ3n) is 2.34. The van der Waals surface area contributed by atoms with Gasteiger partial charge in [-0.05, 0) is 35.8 Å². The van der Waals surface area contributed by atoms with Crippen molar-refractivity contribution >= 4 is 24.2 Å². The Morgan fingerprint density at radius 1 is 1.19 bits per heavy atom. The van der Waals surface area contributed by atoms with Crippen LogP contribution in [0.5, 0.6) is 0 Å². The molecule has 1 aromatic rings. The van der Waals surface area contributed by atoms with Crippen molar-refractivity contribution in [2.24, 2.45) is 11.7 Å². The molecule has 1 rings (SSSR count). The van der Waals surface area contributed by atoms with E-state index in [1.54, 1.807) is 0 Å². The highest BCUT2D eigenvalue weighted by Crippen LogP contribution is 2.22. The Hall–Kier alpha value is -0.180. The standard InChI is InChI=1S/C13H21NS.ClH/c1-4-15-12-7-5-11(6-8-12)13(14)9-10(2)3;/h5-8,10,13H,4,9,14H2,1-3H3;1H/t13-;/m1./s1. The molecule has 0 saturated heterocycles. The maximum Gasteiger partial charge on any atom is 0.0297 e.